The molecule has 1 aromatic heterocycles. The van der Waals surface area contributed by atoms with Gasteiger partial charge in [0.25, 0.3) is 0 Å². The van der Waals surface area contributed by atoms with E-state index in [1.54, 1.807) is 24.3 Å². The fourth-order valence-electron chi connectivity index (χ4n) is 1.61. The maximum Gasteiger partial charge on any atom is 0.224 e. The number of hydrogen-bond acceptors (Lipinski definition) is 3. The fraction of sp³-hybridized carbons (Fsp3) is 0.143. The topological polar surface area (TPSA) is 39.2 Å². The van der Waals surface area contributed by atoms with Crippen molar-refractivity contribution in [1.29, 1.82) is 0 Å². The van der Waals surface area contributed by atoms with Gasteiger partial charge in [-0.3, -0.25) is 4.79 Å². The molecule has 0 unspecified atom stereocenters. The highest BCUT2D eigenvalue weighted by Crippen LogP contribution is 2.19. The number of methoxy groups -OCH3 is 1. The van der Waals surface area contributed by atoms with E-state index in [0.29, 0.717) is 17.0 Å². The Hall–Kier alpha value is -2.16. The standard InChI is InChI=1S/C14H13NO2/c1-10-8-9-12(14(15-10)17-2)13(16)11-6-4-3-5-7-11/h3-9H,1-2H3. The molecule has 1 heterocycles. The molecular weight excluding hydrogens is 214 g/mol. The number of ether oxygens (including phenoxy) is 1. The second kappa shape index (κ2) is 4.78. The number of benzene rings is 1. The molecule has 0 atom stereocenters. The number of aryl methyl sites for hydroxylation is 1. The smallest absolute Gasteiger partial charge is 0.224 e. The first-order valence-corrected chi connectivity index (χ1v) is 5.34. The summed E-state index contributed by atoms with van der Waals surface area (Å²) in [5, 5.41) is 0. The molecule has 86 valence electrons. The maximum atomic E-state index is 12.2. The normalized spacial score (nSPS) is 10.0. The van der Waals surface area contributed by atoms with E-state index >= 15 is 0 Å². The van der Waals surface area contributed by atoms with Gasteiger partial charge in [0, 0.05) is 11.3 Å². The zero-order valence-electron chi connectivity index (χ0n) is 9.81. The quantitative estimate of drug-likeness (QED) is 0.757. The van der Waals surface area contributed by atoms with E-state index in [4.69, 9.17) is 4.74 Å². The molecule has 0 bridgehead atoms. The van der Waals surface area contributed by atoms with Gasteiger partial charge in [-0.1, -0.05) is 30.3 Å². The molecule has 3 nitrogen and oxygen atoms in total. The van der Waals surface area contributed by atoms with E-state index in [9.17, 15) is 4.79 Å². The van der Waals surface area contributed by atoms with Gasteiger partial charge in [-0.2, -0.15) is 0 Å². The molecule has 0 aliphatic carbocycles. The minimum atomic E-state index is -0.0741. The van der Waals surface area contributed by atoms with E-state index in [-0.39, 0.29) is 5.78 Å². The SMILES string of the molecule is COc1nc(C)ccc1C(=O)c1ccccc1. The Morgan fingerprint density at radius 1 is 1.12 bits per heavy atom. The molecule has 0 saturated heterocycles. The third kappa shape index (κ3) is 2.33. The summed E-state index contributed by atoms with van der Waals surface area (Å²) in [7, 11) is 1.52. The van der Waals surface area contributed by atoms with Gasteiger partial charge in [-0.15, -0.1) is 0 Å². The summed E-state index contributed by atoms with van der Waals surface area (Å²) in [4.78, 5) is 16.4. The van der Waals surface area contributed by atoms with Crippen molar-refractivity contribution in [1.82, 2.24) is 4.98 Å². The molecule has 0 aliphatic heterocycles. The van der Waals surface area contributed by atoms with Gasteiger partial charge in [-0.25, -0.2) is 4.98 Å². The molecule has 3 heteroatoms. The van der Waals surface area contributed by atoms with Crippen molar-refractivity contribution < 1.29 is 9.53 Å². The highest BCUT2D eigenvalue weighted by molar-refractivity contribution is 6.10. The van der Waals surface area contributed by atoms with Crippen LogP contribution in [-0.2, 0) is 0 Å². The van der Waals surface area contributed by atoms with Gasteiger partial charge in [0.05, 0.1) is 12.7 Å². The average molecular weight is 227 g/mol. The highest BCUT2D eigenvalue weighted by Gasteiger charge is 2.15. The van der Waals surface area contributed by atoms with Gasteiger partial charge >= 0.3 is 0 Å². The summed E-state index contributed by atoms with van der Waals surface area (Å²) in [5.41, 5.74) is 1.95. The van der Waals surface area contributed by atoms with Crippen LogP contribution >= 0.6 is 0 Å². The van der Waals surface area contributed by atoms with Crippen molar-refractivity contribution in [3.8, 4) is 5.88 Å². The molecule has 0 saturated carbocycles. The van der Waals surface area contributed by atoms with E-state index in [1.165, 1.54) is 7.11 Å². The Balaban J connectivity index is 2.44. The summed E-state index contributed by atoms with van der Waals surface area (Å²) in [5.74, 6) is 0.300. The Morgan fingerprint density at radius 3 is 2.47 bits per heavy atom. The number of pyridine rings is 1. The molecule has 0 aliphatic rings. The van der Waals surface area contributed by atoms with Crippen molar-refractivity contribution in [3.63, 3.8) is 0 Å². The van der Waals surface area contributed by atoms with E-state index in [2.05, 4.69) is 4.98 Å². The summed E-state index contributed by atoms with van der Waals surface area (Å²) in [6, 6.07) is 12.7. The molecule has 2 rings (SSSR count). The van der Waals surface area contributed by atoms with Crippen molar-refractivity contribution in [3.05, 3.63) is 59.3 Å². The van der Waals surface area contributed by atoms with Gasteiger partial charge in [0.15, 0.2) is 5.78 Å². The van der Waals surface area contributed by atoms with Crippen LogP contribution in [0.25, 0.3) is 0 Å². The van der Waals surface area contributed by atoms with Crippen molar-refractivity contribution >= 4 is 5.78 Å². The lowest BCUT2D eigenvalue weighted by Gasteiger charge is -2.07. The number of carbonyl (C=O) groups is 1. The third-order valence-corrected chi connectivity index (χ3v) is 2.47. The lowest BCUT2D eigenvalue weighted by atomic mass is 10.0. The Kier molecular flexibility index (Phi) is 3.19. The summed E-state index contributed by atoms with van der Waals surface area (Å²) < 4.78 is 5.14. The van der Waals surface area contributed by atoms with Crippen LogP contribution in [0.2, 0.25) is 0 Å². The van der Waals surface area contributed by atoms with E-state index < -0.39 is 0 Å². The minimum absolute atomic E-state index is 0.0741. The molecule has 2 aromatic rings. The first-order valence-electron chi connectivity index (χ1n) is 5.34. The molecule has 0 radical (unpaired) electrons. The van der Waals surface area contributed by atoms with Gasteiger partial charge in [0.1, 0.15) is 0 Å². The van der Waals surface area contributed by atoms with E-state index in [0.717, 1.165) is 5.69 Å². The number of nitrogens with zero attached hydrogens (tertiary/aromatic N) is 1. The number of rotatable bonds is 3. The van der Waals surface area contributed by atoms with Gasteiger partial charge < -0.3 is 4.74 Å². The summed E-state index contributed by atoms with van der Waals surface area (Å²) in [6.45, 7) is 1.86. The van der Waals surface area contributed by atoms with Crippen LogP contribution in [0.15, 0.2) is 42.5 Å². The lowest BCUT2D eigenvalue weighted by Crippen LogP contribution is -2.05. The van der Waals surface area contributed by atoms with Crippen LogP contribution in [0.1, 0.15) is 21.6 Å². The Morgan fingerprint density at radius 2 is 1.82 bits per heavy atom. The fourth-order valence-corrected chi connectivity index (χ4v) is 1.61. The monoisotopic (exact) mass is 227 g/mol. The second-order valence-electron chi connectivity index (χ2n) is 3.70. The van der Waals surface area contributed by atoms with E-state index in [1.807, 2.05) is 25.1 Å². The van der Waals surface area contributed by atoms with Crippen molar-refractivity contribution in [2.75, 3.05) is 7.11 Å². The van der Waals surface area contributed by atoms with Gasteiger partial charge in [0.2, 0.25) is 5.88 Å². The first-order chi connectivity index (χ1) is 8.22. The number of ketones is 1. The number of aromatic nitrogens is 1. The van der Waals surface area contributed by atoms with Gasteiger partial charge in [-0.05, 0) is 19.1 Å². The average Bonchev–Trinajstić information content (AvgIpc) is 2.39. The zero-order chi connectivity index (χ0) is 12.3. The highest BCUT2D eigenvalue weighted by atomic mass is 16.5. The summed E-state index contributed by atoms with van der Waals surface area (Å²) >= 11 is 0. The lowest BCUT2D eigenvalue weighted by molar-refractivity contribution is 0.103. The van der Waals surface area contributed by atoms with Crippen LogP contribution in [0.5, 0.6) is 5.88 Å². The number of carbonyl (C=O) groups excluding carboxylic acids is 1. The zero-order valence-corrected chi connectivity index (χ0v) is 9.81. The molecule has 0 amide bonds. The maximum absolute atomic E-state index is 12.2. The van der Waals surface area contributed by atoms with Crippen LogP contribution in [0, 0.1) is 6.92 Å². The predicted octanol–water partition coefficient (Wildman–Crippen LogP) is 2.63. The minimum Gasteiger partial charge on any atom is -0.480 e. The molecular formula is C14H13NO2. The van der Waals surface area contributed by atoms with Crippen molar-refractivity contribution in [2.24, 2.45) is 0 Å². The van der Waals surface area contributed by atoms with Crippen LogP contribution in [-0.4, -0.2) is 17.9 Å². The third-order valence-electron chi connectivity index (χ3n) is 2.47. The predicted molar refractivity (Wildman–Crippen MR) is 65.4 cm³/mol. The Labute approximate surface area is 100 Å². The largest absolute Gasteiger partial charge is 0.480 e. The first kappa shape index (κ1) is 11.3. The molecule has 1 aromatic carbocycles. The second-order valence-corrected chi connectivity index (χ2v) is 3.70. The van der Waals surface area contributed by atoms with Crippen LogP contribution < -0.4 is 4.74 Å². The van der Waals surface area contributed by atoms with Crippen LogP contribution in [0.4, 0.5) is 0 Å². The van der Waals surface area contributed by atoms with Crippen molar-refractivity contribution in [2.45, 2.75) is 6.92 Å². The molecule has 0 fully saturated rings. The molecule has 0 spiro atoms. The number of hydrogen-bond donors (Lipinski definition) is 0. The summed E-state index contributed by atoms with van der Waals surface area (Å²) in [6.07, 6.45) is 0. The molecule has 17 heavy (non-hydrogen) atoms. The van der Waals surface area contributed by atoms with Crippen LogP contribution in [0.3, 0.4) is 0 Å². The molecule has 0 N–H and O–H groups in total. The Bertz CT molecular complexity index is 535.